The molecule has 2 N–H and O–H groups in total. The van der Waals surface area contributed by atoms with E-state index in [0.717, 1.165) is 15.8 Å². The maximum absolute atomic E-state index is 5.49. The Balaban J connectivity index is 2.11. The summed E-state index contributed by atoms with van der Waals surface area (Å²) in [5, 5.41) is 17.2. The van der Waals surface area contributed by atoms with Crippen LogP contribution in [0.2, 0.25) is 0 Å². The van der Waals surface area contributed by atoms with Crippen molar-refractivity contribution in [3.63, 3.8) is 0 Å². The first kappa shape index (κ1) is 12.5. The number of nitrogens with zero attached hydrogens (tertiary/aromatic N) is 4. The summed E-state index contributed by atoms with van der Waals surface area (Å²) < 4.78 is 6.44. The molecule has 2 aromatic rings. The molecule has 0 amide bonds. The third-order valence-electron chi connectivity index (χ3n) is 1.99. The number of H-pyrrole nitrogens is 1. The molecule has 7 nitrogen and oxygen atoms in total. The highest BCUT2D eigenvalue weighted by Crippen LogP contribution is 2.21. The van der Waals surface area contributed by atoms with Gasteiger partial charge in [0.05, 0.1) is 12.8 Å². The second-order valence-electron chi connectivity index (χ2n) is 3.22. The number of aromatic nitrogens is 4. The molecule has 0 aliphatic carbocycles. The first-order chi connectivity index (χ1) is 8.79. The highest BCUT2D eigenvalue weighted by atomic mass is 79.9. The van der Waals surface area contributed by atoms with Gasteiger partial charge < -0.3 is 4.74 Å². The summed E-state index contributed by atoms with van der Waals surface area (Å²) in [7, 11) is 0. The monoisotopic (exact) mass is 310 g/mol. The highest BCUT2D eigenvalue weighted by molar-refractivity contribution is 9.10. The number of halogens is 1. The van der Waals surface area contributed by atoms with Gasteiger partial charge in [-0.2, -0.15) is 10.3 Å². The first-order valence-corrected chi connectivity index (χ1v) is 6.03. The molecule has 2 rings (SSSR count). The maximum Gasteiger partial charge on any atom is 0.283 e. The van der Waals surface area contributed by atoms with Gasteiger partial charge in [0.15, 0.2) is 0 Å². The number of nitrogens with one attached hydrogen (secondary N) is 2. The predicted molar refractivity (Wildman–Crippen MR) is 70.7 cm³/mol. The predicted octanol–water partition coefficient (Wildman–Crippen LogP) is 1.81. The summed E-state index contributed by atoms with van der Waals surface area (Å²) in [4.78, 5) is 0. The Labute approximate surface area is 112 Å². The SMILES string of the molecule is CCOc1ccc(Br)cc1/C=N/Nc1nn[nH]n1. The molecule has 0 saturated carbocycles. The Hall–Kier alpha value is -1.96. The van der Waals surface area contributed by atoms with E-state index >= 15 is 0 Å². The van der Waals surface area contributed by atoms with E-state index in [2.05, 4.69) is 47.1 Å². The first-order valence-electron chi connectivity index (χ1n) is 5.24. The lowest BCUT2D eigenvalue weighted by Crippen LogP contribution is -1.98. The fraction of sp³-hybridized carbons (Fsp3) is 0.200. The number of anilines is 1. The summed E-state index contributed by atoms with van der Waals surface area (Å²) in [5.74, 6) is 1.07. The van der Waals surface area contributed by atoms with Crippen molar-refractivity contribution in [1.82, 2.24) is 20.6 Å². The Morgan fingerprint density at radius 1 is 1.56 bits per heavy atom. The second kappa shape index (κ2) is 6.10. The Morgan fingerprint density at radius 2 is 2.44 bits per heavy atom. The van der Waals surface area contributed by atoms with Crippen molar-refractivity contribution in [2.24, 2.45) is 5.10 Å². The fourth-order valence-corrected chi connectivity index (χ4v) is 1.65. The van der Waals surface area contributed by atoms with Gasteiger partial charge in [-0.15, -0.1) is 5.10 Å². The zero-order valence-electron chi connectivity index (χ0n) is 9.59. The lowest BCUT2D eigenvalue weighted by molar-refractivity contribution is 0.339. The van der Waals surface area contributed by atoms with Gasteiger partial charge in [-0.05, 0) is 30.3 Å². The molecule has 0 bridgehead atoms. The molecule has 0 fully saturated rings. The average Bonchev–Trinajstić information content (AvgIpc) is 2.86. The number of rotatable bonds is 5. The van der Waals surface area contributed by atoms with Gasteiger partial charge in [0.2, 0.25) is 0 Å². The molecule has 0 aliphatic rings. The largest absolute Gasteiger partial charge is 0.493 e. The van der Waals surface area contributed by atoms with Crippen molar-refractivity contribution < 1.29 is 4.74 Å². The molecule has 1 heterocycles. The number of ether oxygens (including phenoxy) is 1. The molecule has 94 valence electrons. The molecule has 0 radical (unpaired) electrons. The second-order valence-corrected chi connectivity index (χ2v) is 4.14. The van der Waals surface area contributed by atoms with E-state index in [-0.39, 0.29) is 0 Å². The summed E-state index contributed by atoms with van der Waals surface area (Å²) in [5.41, 5.74) is 3.49. The van der Waals surface area contributed by atoms with E-state index in [1.165, 1.54) is 0 Å². The van der Waals surface area contributed by atoms with Crippen molar-refractivity contribution in [3.05, 3.63) is 28.2 Å². The third-order valence-corrected chi connectivity index (χ3v) is 2.48. The molecule has 0 saturated heterocycles. The van der Waals surface area contributed by atoms with E-state index in [4.69, 9.17) is 4.74 Å². The van der Waals surface area contributed by atoms with Gasteiger partial charge in [0, 0.05) is 10.0 Å². The zero-order valence-corrected chi connectivity index (χ0v) is 11.2. The summed E-state index contributed by atoms with van der Waals surface area (Å²) in [6, 6.07) is 5.70. The lowest BCUT2D eigenvalue weighted by atomic mass is 10.2. The standard InChI is InChI=1S/C10H11BrN6O/c1-2-18-9-4-3-8(11)5-7(9)6-12-13-10-14-16-17-15-10/h3-6H,2H2,1H3,(H2,13,14,15,16,17)/b12-6+. The molecule has 0 unspecified atom stereocenters. The summed E-state index contributed by atoms with van der Waals surface area (Å²) in [6.45, 7) is 2.53. The van der Waals surface area contributed by atoms with Gasteiger partial charge in [-0.3, -0.25) is 0 Å². The number of aromatic amines is 1. The van der Waals surface area contributed by atoms with Crippen molar-refractivity contribution in [2.75, 3.05) is 12.0 Å². The van der Waals surface area contributed by atoms with Crippen LogP contribution in [0, 0.1) is 0 Å². The number of hydrazone groups is 1. The smallest absolute Gasteiger partial charge is 0.283 e. The van der Waals surface area contributed by atoms with Crippen LogP contribution < -0.4 is 10.2 Å². The molecule has 0 spiro atoms. The van der Waals surface area contributed by atoms with E-state index in [1.807, 2.05) is 25.1 Å². The zero-order chi connectivity index (χ0) is 12.8. The molecular weight excluding hydrogens is 300 g/mol. The summed E-state index contributed by atoms with van der Waals surface area (Å²) >= 11 is 3.40. The van der Waals surface area contributed by atoms with Crippen LogP contribution in [0.15, 0.2) is 27.8 Å². The van der Waals surface area contributed by atoms with Crippen molar-refractivity contribution in [2.45, 2.75) is 6.92 Å². The maximum atomic E-state index is 5.49. The van der Waals surface area contributed by atoms with E-state index in [9.17, 15) is 0 Å². The van der Waals surface area contributed by atoms with Crippen LogP contribution in [0.25, 0.3) is 0 Å². The quantitative estimate of drug-likeness (QED) is 0.649. The minimum absolute atomic E-state index is 0.305. The molecule has 1 aromatic carbocycles. The van der Waals surface area contributed by atoms with E-state index < -0.39 is 0 Å². The van der Waals surface area contributed by atoms with Gasteiger partial charge in [0.1, 0.15) is 5.75 Å². The highest BCUT2D eigenvalue weighted by Gasteiger charge is 2.02. The van der Waals surface area contributed by atoms with Crippen LogP contribution in [0.4, 0.5) is 5.95 Å². The van der Waals surface area contributed by atoms with Crippen LogP contribution in [0.5, 0.6) is 5.75 Å². The van der Waals surface area contributed by atoms with E-state index in [1.54, 1.807) is 6.21 Å². The van der Waals surface area contributed by atoms with Crippen LogP contribution in [-0.2, 0) is 0 Å². The normalized spacial score (nSPS) is 10.8. The molecule has 0 aliphatic heterocycles. The van der Waals surface area contributed by atoms with Gasteiger partial charge in [0.25, 0.3) is 5.95 Å². The minimum Gasteiger partial charge on any atom is -0.493 e. The lowest BCUT2D eigenvalue weighted by Gasteiger charge is -2.06. The molecule has 0 atom stereocenters. The van der Waals surface area contributed by atoms with Gasteiger partial charge in [-0.25, -0.2) is 5.43 Å². The average molecular weight is 311 g/mol. The molecular formula is C10H11BrN6O. The van der Waals surface area contributed by atoms with E-state index in [0.29, 0.717) is 12.6 Å². The number of tetrazole rings is 1. The molecule has 8 heteroatoms. The van der Waals surface area contributed by atoms with Crippen LogP contribution in [0.1, 0.15) is 12.5 Å². The number of hydrogen-bond donors (Lipinski definition) is 2. The molecule has 18 heavy (non-hydrogen) atoms. The third kappa shape index (κ3) is 3.27. The van der Waals surface area contributed by atoms with Crippen molar-refractivity contribution >= 4 is 28.1 Å². The summed E-state index contributed by atoms with van der Waals surface area (Å²) in [6.07, 6.45) is 1.63. The Kier molecular flexibility index (Phi) is 4.24. The molecule has 1 aromatic heterocycles. The fourth-order valence-electron chi connectivity index (χ4n) is 1.28. The van der Waals surface area contributed by atoms with Crippen molar-refractivity contribution in [1.29, 1.82) is 0 Å². The van der Waals surface area contributed by atoms with Crippen molar-refractivity contribution in [3.8, 4) is 5.75 Å². The Bertz CT molecular complexity index is 527. The van der Waals surface area contributed by atoms with Gasteiger partial charge in [-0.1, -0.05) is 21.0 Å². The topological polar surface area (TPSA) is 88.1 Å². The van der Waals surface area contributed by atoms with Crippen LogP contribution in [0.3, 0.4) is 0 Å². The number of hydrogen-bond acceptors (Lipinski definition) is 6. The van der Waals surface area contributed by atoms with Crippen LogP contribution in [-0.4, -0.2) is 33.4 Å². The van der Waals surface area contributed by atoms with Gasteiger partial charge >= 0.3 is 0 Å². The minimum atomic E-state index is 0.305. The van der Waals surface area contributed by atoms with Crippen LogP contribution >= 0.6 is 15.9 Å². The Morgan fingerprint density at radius 3 is 3.17 bits per heavy atom. The number of benzene rings is 1.